The molecule has 132 valence electrons. The van der Waals surface area contributed by atoms with Crippen molar-refractivity contribution in [1.82, 2.24) is 4.90 Å². The lowest BCUT2D eigenvalue weighted by molar-refractivity contribution is -0.0110. The first-order valence-corrected chi connectivity index (χ1v) is 8.75. The number of hydrogen-bond acceptors (Lipinski definition) is 4. The van der Waals surface area contributed by atoms with Crippen LogP contribution < -0.4 is 0 Å². The molecule has 0 spiro atoms. The molecule has 2 amide bonds. The molecule has 26 heavy (non-hydrogen) atoms. The molecule has 0 radical (unpaired) electrons. The highest BCUT2D eigenvalue weighted by Crippen LogP contribution is 2.32. The van der Waals surface area contributed by atoms with Crippen LogP contribution in [0.4, 0.5) is 0 Å². The van der Waals surface area contributed by atoms with Crippen LogP contribution >= 0.6 is 0 Å². The number of carbonyl (C=O) groups is 3. The van der Waals surface area contributed by atoms with Crippen molar-refractivity contribution in [3.63, 3.8) is 0 Å². The molecule has 5 heteroatoms. The van der Waals surface area contributed by atoms with Gasteiger partial charge in [0.05, 0.1) is 22.7 Å². The van der Waals surface area contributed by atoms with Crippen LogP contribution in [0.3, 0.4) is 0 Å². The van der Waals surface area contributed by atoms with Gasteiger partial charge in [0.15, 0.2) is 0 Å². The van der Waals surface area contributed by atoms with Gasteiger partial charge in [0.2, 0.25) is 0 Å². The van der Waals surface area contributed by atoms with Crippen LogP contribution in [0, 0.1) is 5.92 Å². The Morgan fingerprint density at radius 2 is 1.42 bits per heavy atom. The molecule has 2 aromatic rings. The van der Waals surface area contributed by atoms with Crippen molar-refractivity contribution in [3.05, 3.63) is 70.8 Å². The Bertz CT molecular complexity index is 883. The summed E-state index contributed by atoms with van der Waals surface area (Å²) in [5.74, 6) is -1.10. The van der Waals surface area contributed by atoms with E-state index in [0.717, 1.165) is 5.56 Å². The van der Waals surface area contributed by atoms with E-state index in [-0.39, 0.29) is 17.7 Å². The molecule has 0 bridgehead atoms. The highest BCUT2D eigenvalue weighted by molar-refractivity contribution is 6.21. The molecule has 0 aromatic heterocycles. The molecular formula is C21H19NO4. The van der Waals surface area contributed by atoms with E-state index in [1.165, 1.54) is 4.90 Å². The maximum absolute atomic E-state index is 12.9. The molecule has 0 N–H and O–H groups in total. The van der Waals surface area contributed by atoms with Crippen molar-refractivity contribution in [2.45, 2.75) is 32.4 Å². The Morgan fingerprint density at radius 1 is 0.885 bits per heavy atom. The van der Waals surface area contributed by atoms with Gasteiger partial charge < -0.3 is 4.74 Å². The number of amides is 2. The number of hydrogen-bond donors (Lipinski definition) is 0. The zero-order valence-corrected chi connectivity index (χ0v) is 14.6. The highest BCUT2D eigenvalue weighted by atomic mass is 16.5. The quantitative estimate of drug-likeness (QED) is 0.631. The molecule has 0 fully saturated rings. The Kier molecular flexibility index (Phi) is 3.87. The number of rotatable bonds is 3. The van der Waals surface area contributed by atoms with Crippen molar-refractivity contribution >= 4 is 17.8 Å². The summed E-state index contributed by atoms with van der Waals surface area (Å²) >= 11 is 0. The normalized spacial score (nSPS) is 20.0. The molecule has 2 atom stereocenters. The molecule has 0 saturated heterocycles. The van der Waals surface area contributed by atoms with E-state index in [2.05, 4.69) is 0 Å². The molecule has 0 aliphatic carbocycles. The predicted molar refractivity (Wildman–Crippen MR) is 94.9 cm³/mol. The van der Waals surface area contributed by atoms with Crippen LogP contribution in [0.1, 0.15) is 50.5 Å². The van der Waals surface area contributed by atoms with Crippen LogP contribution in [0.15, 0.2) is 48.5 Å². The number of cyclic esters (lactones) is 1. The minimum Gasteiger partial charge on any atom is -0.456 e. The zero-order chi connectivity index (χ0) is 18.4. The Hall–Kier alpha value is -2.95. The van der Waals surface area contributed by atoms with Crippen LogP contribution in [0.5, 0.6) is 0 Å². The Balaban J connectivity index is 1.71. The summed E-state index contributed by atoms with van der Waals surface area (Å²) in [5, 5.41) is 0. The zero-order valence-electron chi connectivity index (χ0n) is 14.6. The van der Waals surface area contributed by atoms with E-state index in [0.29, 0.717) is 23.1 Å². The number of ether oxygens (including phenoxy) is 1. The number of esters is 1. The molecule has 0 saturated carbocycles. The van der Waals surface area contributed by atoms with Crippen LogP contribution in [-0.4, -0.2) is 34.8 Å². The van der Waals surface area contributed by atoms with E-state index < -0.39 is 18.1 Å². The smallest absolute Gasteiger partial charge is 0.338 e. The van der Waals surface area contributed by atoms with Gasteiger partial charge in [-0.2, -0.15) is 0 Å². The third-order valence-corrected chi connectivity index (χ3v) is 5.10. The number of imide groups is 1. The lowest BCUT2D eigenvalue weighted by atomic mass is 9.89. The fourth-order valence-electron chi connectivity index (χ4n) is 3.92. The SMILES string of the molecule is CC(C)C(C1Cc2ccccc2C(=O)O1)N1C(=O)c2ccccc2C1=O. The summed E-state index contributed by atoms with van der Waals surface area (Å²) in [6, 6.07) is 13.6. The summed E-state index contributed by atoms with van der Waals surface area (Å²) in [5.41, 5.74) is 2.25. The minimum absolute atomic E-state index is 0.0553. The Morgan fingerprint density at radius 3 is 2.00 bits per heavy atom. The van der Waals surface area contributed by atoms with E-state index in [1.807, 2.05) is 26.0 Å². The fraction of sp³-hybridized carbons (Fsp3) is 0.286. The van der Waals surface area contributed by atoms with Crippen LogP contribution in [0.2, 0.25) is 0 Å². The summed E-state index contributed by atoms with van der Waals surface area (Å²) in [6.07, 6.45) is -0.0716. The van der Waals surface area contributed by atoms with Crippen molar-refractivity contribution < 1.29 is 19.1 Å². The second-order valence-electron chi connectivity index (χ2n) is 7.07. The standard InChI is InChI=1S/C21H19NO4/c1-12(2)18(17-11-13-7-3-4-8-14(13)21(25)26-17)22-19(23)15-9-5-6-10-16(15)20(22)24/h3-10,12,17-18H,11H2,1-2H3. The lowest BCUT2D eigenvalue weighted by Gasteiger charge is -2.37. The molecule has 2 aromatic carbocycles. The second kappa shape index (κ2) is 6.09. The molecule has 2 aliphatic rings. The number of fused-ring (bicyclic) bond motifs is 2. The first-order valence-electron chi connectivity index (χ1n) is 8.75. The van der Waals surface area contributed by atoms with Gasteiger partial charge in [0, 0.05) is 6.42 Å². The summed E-state index contributed by atoms with van der Waals surface area (Å²) < 4.78 is 5.66. The average molecular weight is 349 g/mol. The van der Waals surface area contributed by atoms with Gasteiger partial charge >= 0.3 is 5.97 Å². The van der Waals surface area contributed by atoms with Crippen molar-refractivity contribution in [1.29, 1.82) is 0 Å². The Labute approximate surface area is 151 Å². The maximum atomic E-state index is 12.9. The van der Waals surface area contributed by atoms with E-state index in [9.17, 15) is 14.4 Å². The first kappa shape index (κ1) is 16.5. The summed E-state index contributed by atoms with van der Waals surface area (Å²) in [7, 11) is 0. The van der Waals surface area contributed by atoms with Gasteiger partial charge in [0.1, 0.15) is 6.10 Å². The maximum Gasteiger partial charge on any atom is 0.338 e. The van der Waals surface area contributed by atoms with E-state index >= 15 is 0 Å². The van der Waals surface area contributed by atoms with Crippen LogP contribution in [0.25, 0.3) is 0 Å². The number of carbonyl (C=O) groups excluding carboxylic acids is 3. The summed E-state index contributed by atoms with van der Waals surface area (Å²) in [4.78, 5) is 39.5. The topological polar surface area (TPSA) is 63.7 Å². The highest BCUT2D eigenvalue weighted by Gasteiger charge is 2.46. The van der Waals surface area contributed by atoms with Gasteiger partial charge in [-0.3, -0.25) is 14.5 Å². The molecular weight excluding hydrogens is 330 g/mol. The molecule has 4 rings (SSSR count). The number of nitrogens with zero attached hydrogens (tertiary/aromatic N) is 1. The van der Waals surface area contributed by atoms with Crippen molar-refractivity contribution in [2.75, 3.05) is 0 Å². The molecule has 2 aliphatic heterocycles. The third-order valence-electron chi connectivity index (χ3n) is 5.10. The van der Waals surface area contributed by atoms with Crippen molar-refractivity contribution in [2.24, 2.45) is 5.92 Å². The molecule has 2 heterocycles. The number of benzene rings is 2. The van der Waals surface area contributed by atoms with E-state index in [1.54, 1.807) is 36.4 Å². The monoisotopic (exact) mass is 349 g/mol. The van der Waals surface area contributed by atoms with Gasteiger partial charge in [-0.15, -0.1) is 0 Å². The first-order chi connectivity index (χ1) is 12.5. The van der Waals surface area contributed by atoms with Gasteiger partial charge in [-0.05, 0) is 29.7 Å². The third kappa shape index (κ3) is 2.43. The van der Waals surface area contributed by atoms with Gasteiger partial charge in [-0.1, -0.05) is 44.2 Å². The van der Waals surface area contributed by atoms with E-state index in [4.69, 9.17) is 4.74 Å². The second-order valence-corrected chi connectivity index (χ2v) is 7.07. The van der Waals surface area contributed by atoms with Gasteiger partial charge in [0.25, 0.3) is 11.8 Å². The minimum atomic E-state index is -0.556. The molecule has 2 unspecified atom stereocenters. The van der Waals surface area contributed by atoms with Crippen LogP contribution in [-0.2, 0) is 11.2 Å². The lowest BCUT2D eigenvalue weighted by Crippen LogP contribution is -2.53. The van der Waals surface area contributed by atoms with Crippen molar-refractivity contribution in [3.8, 4) is 0 Å². The summed E-state index contributed by atoms with van der Waals surface area (Å²) in [6.45, 7) is 3.87. The molecule has 5 nitrogen and oxygen atoms in total. The average Bonchev–Trinajstić information content (AvgIpc) is 2.87. The van der Waals surface area contributed by atoms with Gasteiger partial charge in [-0.25, -0.2) is 4.79 Å². The fourth-order valence-corrected chi connectivity index (χ4v) is 3.92. The largest absolute Gasteiger partial charge is 0.456 e. The predicted octanol–water partition coefficient (Wildman–Crippen LogP) is 3.09.